The molecule has 0 aliphatic heterocycles. The van der Waals surface area contributed by atoms with Gasteiger partial charge in [-0.2, -0.15) is 0 Å². The normalized spacial score (nSPS) is 11.4. The van der Waals surface area contributed by atoms with Crippen molar-refractivity contribution in [3.05, 3.63) is 90.2 Å². The van der Waals surface area contributed by atoms with Gasteiger partial charge in [-0.1, -0.05) is 31.9 Å². The topological polar surface area (TPSA) is 44.8 Å². The van der Waals surface area contributed by atoms with Crippen LogP contribution in [0.1, 0.15) is 19.4 Å². The molecule has 0 bridgehead atoms. The molecule has 0 N–H and O–H groups in total. The molecule has 0 heterocycles. The Morgan fingerprint density at radius 1 is 0.938 bits per heavy atom. The van der Waals surface area contributed by atoms with Gasteiger partial charge in [-0.3, -0.25) is 0 Å². The molecule has 1 atom stereocenters. The van der Waals surface area contributed by atoms with Gasteiger partial charge in [-0.15, -0.1) is 0 Å². The number of carbonyl (C=O) groups excluding carboxylic acids is 1. The van der Waals surface area contributed by atoms with Crippen molar-refractivity contribution in [2.24, 2.45) is 5.92 Å². The van der Waals surface area contributed by atoms with Crippen molar-refractivity contribution in [2.45, 2.75) is 20.3 Å². The van der Waals surface area contributed by atoms with E-state index in [9.17, 15) is 13.6 Å². The highest BCUT2D eigenvalue weighted by molar-refractivity contribution is 5.86. The lowest BCUT2D eigenvalue weighted by molar-refractivity contribution is -0.140. The van der Waals surface area contributed by atoms with Crippen molar-refractivity contribution in [1.82, 2.24) is 0 Å². The first-order chi connectivity index (χ1) is 15.1. The zero-order valence-electron chi connectivity index (χ0n) is 18.7. The monoisotopic (exact) mass is 442 g/mol. The number of allylic oxidation sites excluding steroid dienone is 1. The summed E-state index contributed by atoms with van der Waals surface area (Å²) in [6, 6.07) is 8.93. The van der Waals surface area contributed by atoms with Gasteiger partial charge in [0.25, 0.3) is 0 Å². The van der Waals surface area contributed by atoms with Crippen LogP contribution >= 0.6 is 0 Å². The first-order valence-corrected chi connectivity index (χ1v) is 10.0. The fourth-order valence-corrected chi connectivity index (χ4v) is 2.87. The maximum absolute atomic E-state index is 14.9. The van der Waals surface area contributed by atoms with Gasteiger partial charge in [0.05, 0.1) is 20.3 Å². The van der Waals surface area contributed by atoms with Crippen molar-refractivity contribution in [3.63, 3.8) is 0 Å². The second kappa shape index (κ2) is 11.3. The van der Waals surface area contributed by atoms with E-state index >= 15 is 0 Å². The molecule has 0 aliphatic carbocycles. The van der Waals surface area contributed by atoms with Crippen LogP contribution in [0.5, 0.6) is 5.75 Å². The van der Waals surface area contributed by atoms with Gasteiger partial charge in [-0.05, 0) is 55.2 Å². The SMILES string of the molecule is C=C(C)C(=C)OCC(COC(=O)C(=C)C)Cc1ccc(-c2ccc(OC)cc2F)cc1F. The smallest absolute Gasteiger partial charge is 0.333 e. The van der Waals surface area contributed by atoms with Crippen LogP contribution in [0.25, 0.3) is 11.1 Å². The van der Waals surface area contributed by atoms with Crippen molar-refractivity contribution in [1.29, 1.82) is 0 Å². The van der Waals surface area contributed by atoms with E-state index in [1.54, 1.807) is 38.1 Å². The summed E-state index contributed by atoms with van der Waals surface area (Å²) in [5.41, 5.74) is 2.00. The molecule has 32 heavy (non-hydrogen) atoms. The summed E-state index contributed by atoms with van der Waals surface area (Å²) < 4.78 is 45.1. The number of halogens is 2. The number of rotatable bonds is 11. The third-order valence-electron chi connectivity index (χ3n) is 4.82. The van der Waals surface area contributed by atoms with E-state index < -0.39 is 17.6 Å². The van der Waals surface area contributed by atoms with Crippen LogP contribution in [0.4, 0.5) is 8.78 Å². The van der Waals surface area contributed by atoms with Crippen LogP contribution < -0.4 is 4.74 Å². The van der Waals surface area contributed by atoms with Crippen LogP contribution in [0.2, 0.25) is 0 Å². The number of carbonyl (C=O) groups is 1. The molecule has 170 valence electrons. The van der Waals surface area contributed by atoms with Crippen LogP contribution in [-0.4, -0.2) is 26.3 Å². The Morgan fingerprint density at radius 3 is 2.19 bits per heavy atom. The lowest BCUT2D eigenvalue weighted by atomic mass is 9.97. The molecule has 6 heteroatoms. The molecule has 0 saturated heterocycles. The standard InChI is InChI=1S/C26H28F2O4/c1-16(2)18(5)31-14-19(15-32-26(29)17(3)4)11-21-8-7-20(12-24(21)27)23-10-9-22(30-6)13-25(23)28/h7-10,12-13,19H,1,3,5,11,14-15H2,2,4,6H3. The summed E-state index contributed by atoms with van der Waals surface area (Å²) in [4.78, 5) is 11.8. The van der Waals surface area contributed by atoms with Gasteiger partial charge in [0.2, 0.25) is 0 Å². The zero-order chi connectivity index (χ0) is 23.8. The average molecular weight is 443 g/mol. The first-order valence-electron chi connectivity index (χ1n) is 10.0. The lowest BCUT2D eigenvalue weighted by Gasteiger charge is -2.19. The average Bonchev–Trinajstić information content (AvgIpc) is 2.75. The summed E-state index contributed by atoms with van der Waals surface area (Å²) in [5.74, 6) is -1.08. The second-order valence-electron chi connectivity index (χ2n) is 7.62. The number of hydrogen-bond donors (Lipinski definition) is 0. The third kappa shape index (κ3) is 6.80. The molecule has 2 rings (SSSR count). The summed E-state index contributed by atoms with van der Waals surface area (Å²) in [6.07, 6.45) is 0.240. The predicted molar refractivity (Wildman–Crippen MR) is 121 cm³/mol. The number of benzene rings is 2. The van der Waals surface area contributed by atoms with Crippen LogP contribution in [0.15, 0.2) is 73.0 Å². The van der Waals surface area contributed by atoms with E-state index in [0.717, 1.165) is 0 Å². The lowest BCUT2D eigenvalue weighted by Crippen LogP contribution is -2.22. The molecule has 4 nitrogen and oxygen atoms in total. The molecule has 0 aromatic heterocycles. The molecule has 0 aliphatic rings. The largest absolute Gasteiger partial charge is 0.497 e. The van der Waals surface area contributed by atoms with Crippen LogP contribution in [-0.2, 0) is 20.7 Å². The molecule has 0 amide bonds. The molecule has 1 unspecified atom stereocenters. The highest BCUT2D eigenvalue weighted by Crippen LogP contribution is 2.28. The third-order valence-corrected chi connectivity index (χ3v) is 4.82. The fraction of sp³-hybridized carbons (Fsp3) is 0.269. The minimum Gasteiger partial charge on any atom is -0.497 e. The Bertz CT molecular complexity index is 996. The van der Waals surface area contributed by atoms with Crippen molar-refractivity contribution in [2.75, 3.05) is 20.3 Å². The highest BCUT2D eigenvalue weighted by Gasteiger charge is 2.18. The minimum atomic E-state index is -0.528. The Morgan fingerprint density at radius 2 is 1.62 bits per heavy atom. The van der Waals surface area contributed by atoms with E-state index in [1.165, 1.54) is 19.2 Å². The summed E-state index contributed by atoms with van der Waals surface area (Å²) >= 11 is 0. The van der Waals surface area contributed by atoms with E-state index in [-0.39, 0.29) is 36.7 Å². The molecule has 0 radical (unpaired) electrons. The highest BCUT2D eigenvalue weighted by atomic mass is 19.1. The zero-order valence-corrected chi connectivity index (χ0v) is 18.7. The van der Waals surface area contributed by atoms with E-state index in [1.807, 2.05) is 0 Å². The van der Waals surface area contributed by atoms with Gasteiger partial charge in [0, 0.05) is 23.1 Å². The van der Waals surface area contributed by atoms with Crippen molar-refractivity contribution in [3.8, 4) is 16.9 Å². The van der Waals surface area contributed by atoms with E-state index in [2.05, 4.69) is 19.7 Å². The maximum atomic E-state index is 14.9. The predicted octanol–water partition coefficient (Wildman–Crippen LogP) is 6.02. The molecule has 0 fully saturated rings. The van der Waals surface area contributed by atoms with E-state index in [0.29, 0.717) is 28.2 Å². The Hall–Kier alpha value is -3.41. The fourth-order valence-electron chi connectivity index (χ4n) is 2.87. The molecule has 2 aromatic rings. The first kappa shape index (κ1) is 24.9. The summed E-state index contributed by atoms with van der Waals surface area (Å²) in [5, 5.41) is 0. The Kier molecular flexibility index (Phi) is 8.76. The van der Waals surface area contributed by atoms with E-state index in [4.69, 9.17) is 14.2 Å². The minimum absolute atomic E-state index is 0.0173. The quantitative estimate of drug-likeness (QED) is 0.185. The molecule has 0 saturated carbocycles. The number of hydrogen-bond acceptors (Lipinski definition) is 4. The molecular weight excluding hydrogens is 414 g/mol. The number of ether oxygens (including phenoxy) is 3. The molecule has 0 spiro atoms. The van der Waals surface area contributed by atoms with Crippen molar-refractivity contribution >= 4 is 5.97 Å². The second-order valence-corrected chi connectivity index (χ2v) is 7.62. The summed E-state index contributed by atoms with van der Waals surface area (Å²) in [6.45, 7) is 14.6. The number of methoxy groups -OCH3 is 1. The maximum Gasteiger partial charge on any atom is 0.333 e. The Balaban J connectivity index is 2.20. The van der Waals surface area contributed by atoms with Gasteiger partial charge >= 0.3 is 5.97 Å². The van der Waals surface area contributed by atoms with Gasteiger partial charge in [0.15, 0.2) is 0 Å². The van der Waals surface area contributed by atoms with Gasteiger partial charge < -0.3 is 14.2 Å². The van der Waals surface area contributed by atoms with Gasteiger partial charge in [-0.25, -0.2) is 13.6 Å². The van der Waals surface area contributed by atoms with Gasteiger partial charge in [0.1, 0.15) is 23.1 Å². The molecular formula is C26H28F2O4. The number of esters is 1. The van der Waals surface area contributed by atoms with Crippen LogP contribution in [0.3, 0.4) is 0 Å². The summed E-state index contributed by atoms with van der Waals surface area (Å²) in [7, 11) is 1.45. The van der Waals surface area contributed by atoms with Crippen molar-refractivity contribution < 1.29 is 27.8 Å². The molecule has 2 aromatic carbocycles. The Labute approximate surface area is 187 Å². The van der Waals surface area contributed by atoms with Crippen LogP contribution in [0, 0.1) is 17.6 Å².